The number of fused-ring (bicyclic) bond motifs is 1. The molecule has 12 heavy (non-hydrogen) atoms. The first-order valence-electron chi connectivity index (χ1n) is 3.81. The molecule has 0 unspecified atom stereocenters. The third-order valence-electron chi connectivity index (χ3n) is 1.76. The summed E-state index contributed by atoms with van der Waals surface area (Å²) in [7, 11) is 0. The summed E-state index contributed by atoms with van der Waals surface area (Å²) in [6, 6.07) is 1.83. The van der Waals surface area contributed by atoms with Crippen LogP contribution in [0, 0.1) is 0 Å². The van der Waals surface area contributed by atoms with Crippen molar-refractivity contribution in [2.45, 2.75) is 13.3 Å². The van der Waals surface area contributed by atoms with Gasteiger partial charge in [0.25, 0.3) is 5.71 Å². The molecular formula is C8H9N3O. The van der Waals surface area contributed by atoms with Gasteiger partial charge in [-0.05, 0) is 12.5 Å². The quantitative estimate of drug-likeness (QED) is 0.689. The Morgan fingerprint density at radius 3 is 3.17 bits per heavy atom. The van der Waals surface area contributed by atoms with E-state index >= 15 is 0 Å². The largest absolute Gasteiger partial charge is 0.397 e. The molecule has 2 N–H and O–H groups in total. The van der Waals surface area contributed by atoms with Crippen molar-refractivity contribution in [3.8, 4) is 0 Å². The summed E-state index contributed by atoms with van der Waals surface area (Å²) in [4.78, 5) is 4.00. The van der Waals surface area contributed by atoms with E-state index in [0.717, 1.165) is 17.5 Å². The Bertz CT molecular complexity index is 408. The number of aryl methyl sites for hydroxylation is 1. The van der Waals surface area contributed by atoms with Gasteiger partial charge in [-0.2, -0.15) is 0 Å². The number of nitrogens with two attached hydrogens (primary N) is 1. The molecule has 2 aromatic heterocycles. The van der Waals surface area contributed by atoms with Gasteiger partial charge in [-0.15, -0.1) is 0 Å². The lowest BCUT2D eigenvalue weighted by Gasteiger charge is -1.90. The van der Waals surface area contributed by atoms with Crippen molar-refractivity contribution >= 4 is 16.8 Å². The van der Waals surface area contributed by atoms with Crippen LogP contribution in [0.4, 0.5) is 5.69 Å². The van der Waals surface area contributed by atoms with Crippen molar-refractivity contribution in [2.24, 2.45) is 0 Å². The molecule has 4 heteroatoms. The number of nitrogen functional groups attached to an aromatic ring is 1. The number of aromatic nitrogens is 2. The molecule has 0 aliphatic heterocycles. The Balaban J connectivity index is 2.75. The summed E-state index contributed by atoms with van der Waals surface area (Å²) in [6.45, 7) is 2.01. The number of hydrogen-bond acceptors (Lipinski definition) is 4. The molecule has 62 valence electrons. The van der Waals surface area contributed by atoms with Gasteiger partial charge in [-0.3, -0.25) is 0 Å². The smallest absolute Gasteiger partial charge is 0.258 e. The highest BCUT2D eigenvalue weighted by molar-refractivity contribution is 5.78. The average Bonchev–Trinajstić information content (AvgIpc) is 2.46. The van der Waals surface area contributed by atoms with Gasteiger partial charge in [-0.25, -0.2) is 4.98 Å². The molecule has 0 aliphatic carbocycles. The number of rotatable bonds is 1. The van der Waals surface area contributed by atoms with Crippen LogP contribution in [0.25, 0.3) is 11.1 Å². The molecule has 0 spiro atoms. The van der Waals surface area contributed by atoms with E-state index in [9.17, 15) is 0 Å². The first-order chi connectivity index (χ1) is 5.81. The van der Waals surface area contributed by atoms with E-state index < -0.39 is 0 Å². The lowest BCUT2D eigenvalue weighted by Crippen LogP contribution is -1.86. The molecule has 0 saturated heterocycles. The molecule has 0 aliphatic rings. The van der Waals surface area contributed by atoms with Crippen LogP contribution in [0.1, 0.15) is 12.6 Å². The number of nitrogens with zero attached hydrogens (tertiary/aromatic N) is 2. The zero-order chi connectivity index (χ0) is 8.55. The SMILES string of the molecule is CCc1noc2ncc(N)cc12. The van der Waals surface area contributed by atoms with E-state index in [0.29, 0.717) is 11.4 Å². The third kappa shape index (κ3) is 0.922. The van der Waals surface area contributed by atoms with Crippen molar-refractivity contribution in [1.82, 2.24) is 10.1 Å². The zero-order valence-corrected chi connectivity index (χ0v) is 6.74. The van der Waals surface area contributed by atoms with E-state index in [1.54, 1.807) is 6.20 Å². The molecule has 2 rings (SSSR count). The van der Waals surface area contributed by atoms with Gasteiger partial charge in [0, 0.05) is 0 Å². The minimum Gasteiger partial charge on any atom is -0.397 e. The van der Waals surface area contributed by atoms with Gasteiger partial charge in [0.1, 0.15) is 0 Å². The fourth-order valence-corrected chi connectivity index (χ4v) is 1.15. The summed E-state index contributed by atoms with van der Waals surface area (Å²) in [5.41, 5.74) is 7.68. The monoisotopic (exact) mass is 163 g/mol. The summed E-state index contributed by atoms with van der Waals surface area (Å²) in [5.74, 6) is 0. The normalized spacial score (nSPS) is 10.8. The maximum atomic E-state index is 5.57. The predicted octanol–water partition coefficient (Wildman–Crippen LogP) is 1.37. The minimum absolute atomic E-state index is 0.557. The maximum Gasteiger partial charge on any atom is 0.258 e. The van der Waals surface area contributed by atoms with Crippen molar-refractivity contribution in [3.05, 3.63) is 18.0 Å². The van der Waals surface area contributed by atoms with Gasteiger partial charge in [0.05, 0.1) is 23.0 Å². The second-order valence-corrected chi connectivity index (χ2v) is 2.60. The highest BCUT2D eigenvalue weighted by atomic mass is 16.5. The number of hydrogen-bond donors (Lipinski definition) is 1. The first-order valence-corrected chi connectivity index (χ1v) is 3.81. The van der Waals surface area contributed by atoms with E-state index in [4.69, 9.17) is 10.3 Å². The Morgan fingerprint density at radius 1 is 1.58 bits per heavy atom. The lowest BCUT2D eigenvalue weighted by molar-refractivity contribution is 0.440. The Morgan fingerprint density at radius 2 is 2.42 bits per heavy atom. The van der Waals surface area contributed by atoms with Gasteiger partial charge >= 0.3 is 0 Å². The van der Waals surface area contributed by atoms with Crippen molar-refractivity contribution in [3.63, 3.8) is 0 Å². The Labute approximate surface area is 69.4 Å². The number of pyridine rings is 1. The third-order valence-corrected chi connectivity index (χ3v) is 1.76. The summed E-state index contributed by atoms with van der Waals surface area (Å²) in [5, 5.41) is 4.78. The van der Waals surface area contributed by atoms with Crippen molar-refractivity contribution in [1.29, 1.82) is 0 Å². The van der Waals surface area contributed by atoms with Gasteiger partial charge in [-0.1, -0.05) is 12.1 Å². The fraction of sp³-hybridized carbons (Fsp3) is 0.250. The highest BCUT2D eigenvalue weighted by Crippen LogP contribution is 2.18. The minimum atomic E-state index is 0.557. The van der Waals surface area contributed by atoms with Crippen molar-refractivity contribution in [2.75, 3.05) is 5.73 Å². The van der Waals surface area contributed by atoms with E-state index in [1.807, 2.05) is 13.0 Å². The maximum absolute atomic E-state index is 5.57. The molecular weight excluding hydrogens is 154 g/mol. The van der Waals surface area contributed by atoms with Crippen LogP contribution in [-0.2, 0) is 6.42 Å². The fourth-order valence-electron chi connectivity index (χ4n) is 1.15. The van der Waals surface area contributed by atoms with Crippen LogP contribution in [0.15, 0.2) is 16.8 Å². The number of anilines is 1. The van der Waals surface area contributed by atoms with Gasteiger partial charge < -0.3 is 10.3 Å². The first kappa shape index (κ1) is 7.09. The highest BCUT2D eigenvalue weighted by Gasteiger charge is 2.06. The Kier molecular flexibility index (Phi) is 1.46. The molecule has 0 atom stereocenters. The standard InChI is InChI=1S/C8H9N3O/c1-2-7-6-3-5(9)4-10-8(6)12-11-7/h3-4H,2,9H2,1H3. The lowest BCUT2D eigenvalue weighted by atomic mass is 10.2. The zero-order valence-electron chi connectivity index (χ0n) is 6.74. The van der Waals surface area contributed by atoms with Crippen LogP contribution in [0.3, 0.4) is 0 Å². The molecule has 2 heterocycles. The van der Waals surface area contributed by atoms with Crippen LogP contribution in [0.2, 0.25) is 0 Å². The van der Waals surface area contributed by atoms with Crippen LogP contribution in [-0.4, -0.2) is 10.1 Å². The second kappa shape index (κ2) is 2.48. The predicted molar refractivity (Wildman–Crippen MR) is 45.6 cm³/mol. The Hall–Kier alpha value is -1.58. The van der Waals surface area contributed by atoms with Crippen LogP contribution < -0.4 is 5.73 Å². The molecule has 0 aromatic carbocycles. The summed E-state index contributed by atoms with van der Waals surface area (Å²) < 4.78 is 4.98. The van der Waals surface area contributed by atoms with Crippen LogP contribution >= 0.6 is 0 Å². The van der Waals surface area contributed by atoms with E-state index in [2.05, 4.69) is 10.1 Å². The van der Waals surface area contributed by atoms with Crippen LogP contribution in [0.5, 0.6) is 0 Å². The van der Waals surface area contributed by atoms with Crippen molar-refractivity contribution < 1.29 is 4.52 Å². The van der Waals surface area contributed by atoms with Gasteiger partial charge in [0.15, 0.2) is 0 Å². The second-order valence-electron chi connectivity index (χ2n) is 2.60. The van der Waals surface area contributed by atoms with E-state index in [-0.39, 0.29) is 0 Å². The molecule has 4 nitrogen and oxygen atoms in total. The van der Waals surface area contributed by atoms with E-state index in [1.165, 1.54) is 0 Å². The molecule has 2 aromatic rings. The molecule has 0 bridgehead atoms. The molecule has 0 radical (unpaired) electrons. The average molecular weight is 163 g/mol. The molecule has 0 amide bonds. The molecule has 0 saturated carbocycles. The molecule has 0 fully saturated rings. The van der Waals surface area contributed by atoms with Gasteiger partial charge in [0.2, 0.25) is 0 Å². The summed E-state index contributed by atoms with van der Waals surface area (Å²) in [6.07, 6.45) is 2.39. The topological polar surface area (TPSA) is 64.9 Å². The summed E-state index contributed by atoms with van der Waals surface area (Å²) >= 11 is 0.